The number of para-hydroxylation sites is 2. The summed E-state index contributed by atoms with van der Waals surface area (Å²) in [7, 11) is 1.48. The minimum Gasteiger partial charge on any atom is -0.495 e. The van der Waals surface area contributed by atoms with E-state index in [1.807, 2.05) is 0 Å². The number of hydrogen-bond donors (Lipinski definition) is 2. The van der Waals surface area contributed by atoms with Gasteiger partial charge in [0.15, 0.2) is 6.61 Å². The second-order valence-electron chi connectivity index (χ2n) is 7.16. The third-order valence-electron chi connectivity index (χ3n) is 4.56. The Balaban J connectivity index is 1.39. The van der Waals surface area contributed by atoms with Gasteiger partial charge in [0.2, 0.25) is 5.91 Å². The van der Waals surface area contributed by atoms with Crippen molar-refractivity contribution in [2.45, 2.75) is 12.8 Å². The lowest BCUT2D eigenvalue weighted by Crippen LogP contribution is -2.22. The zero-order valence-corrected chi connectivity index (χ0v) is 20.2. The van der Waals surface area contributed by atoms with Gasteiger partial charge in [0.25, 0.3) is 5.91 Å². The van der Waals surface area contributed by atoms with E-state index in [1.165, 1.54) is 7.11 Å². The molecule has 35 heavy (non-hydrogen) atoms. The molecule has 0 spiro atoms. The van der Waals surface area contributed by atoms with Gasteiger partial charge in [-0.1, -0.05) is 35.3 Å². The summed E-state index contributed by atoms with van der Waals surface area (Å²) < 4.78 is 15.8. The molecule has 0 fully saturated rings. The first-order valence-corrected chi connectivity index (χ1v) is 11.2. The topological polar surface area (TPSA) is 103 Å². The van der Waals surface area contributed by atoms with E-state index in [4.69, 9.17) is 37.4 Å². The fourth-order valence-electron chi connectivity index (χ4n) is 2.88. The number of hydrogen-bond acceptors (Lipinski definition) is 6. The molecule has 2 amide bonds. The van der Waals surface area contributed by atoms with Crippen molar-refractivity contribution in [1.29, 1.82) is 0 Å². The maximum atomic E-state index is 12.1. The normalized spacial score (nSPS) is 10.3. The Kier molecular flexibility index (Phi) is 9.34. The molecule has 3 rings (SSSR count). The molecule has 10 heteroatoms. The minimum atomic E-state index is -0.668. The standard InChI is InChI=1S/C25H22Cl2N2O6/c1-33-22-5-3-2-4-20(22)29-24(31)15-34-25(32)13-12-23(30)28-17-7-9-18(10-8-17)35-21-11-6-16(26)14-19(21)27/h2-11,14H,12-13,15H2,1H3,(H,28,30)(H,29,31). The van der Waals surface area contributed by atoms with Gasteiger partial charge >= 0.3 is 5.97 Å². The van der Waals surface area contributed by atoms with Crippen LogP contribution in [0, 0.1) is 0 Å². The first-order chi connectivity index (χ1) is 16.8. The number of halogens is 2. The largest absolute Gasteiger partial charge is 0.495 e. The second kappa shape index (κ2) is 12.6. The number of ether oxygens (including phenoxy) is 3. The van der Waals surface area contributed by atoms with Crippen molar-refractivity contribution in [2.75, 3.05) is 24.4 Å². The van der Waals surface area contributed by atoms with Gasteiger partial charge in [0.05, 0.1) is 24.2 Å². The van der Waals surface area contributed by atoms with Crippen LogP contribution >= 0.6 is 23.2 Å². The summed E-state index contributed by atoms with van der Waals surface area (Å²) >= 11 is 12.0. The van der Waals surface area contributed by atoms with Crippen LogP contribution in [-0.4, -0.2) is 31.5 Å². The first-order valence-electron chi connectivity index (χ1n) is 10.5. The Morgan fingerprint density at radius 1 is 0.829 bits per heavy atom. The van der Waals surface area contributed by atoms with Crippen LogP contribution in [0.5, 0.6) is 17.2 Å². The molecule has 0 aliphatic heterocycles. The van der Waals surface area contributed by atoms with Gasteiger partial charge in [-0.15, -0.1) is 0 Å². The number of methoxy groups -OCH3 is 1. The monoisotopic (exact) mass is 516 g/mol. The van der Waals surface area contributed by atoms with Crippen molar-refractivity contribution in [2.24, 2.45) is 0 Å². The van der Waals surface area contributed by atoms with Crippen LogP contribution in [0.25, 0.3) is 0 Å². The molecule has 0 saturated heterocycles. The maximum absolute atomic E-state index is 12.1. The molecule has 0 unspecified atom stereocenters. The van der Waals surface area contributed by atoms with Gasteiger partial charge in [-0.25, -0.2) is 0 Å². The van der Waals surface area contributed by atoms with E-state index < -0.39 is 18.5 Å². The summed E-state index contributed by atoms with van der Waals surface area (Å²) in [6.45, 7) is -0.475. The van der Waals surface area contributed by atoms with Crippen molar-refractivity contribution in [3.63, 3.8) is 0 Å². The Hall–Kier alpha value is -3.75. The molecule has 0 saturated carbocycles. The first kappa shape index (κ1) is 25.9. The number of amides is 2. The van der Waals surface area contributed by atoms with Crippen LogP contribution in [0.15, 0.2) is 66.7 Å². The van der Waals surface area contributed by atoms with Crippen molar-refractivity contribution in [3.8, 4) is 17.2 Å². The highest BCUT2D eigenvalue weighted by molar-refractivity contribution is 6.35. The lowest BCUT2D eigenvalue weighted by atomic mass is 10.2. The van der Waals surface area contributed by atoms with Gasteiger partial charge in [0, 0.05) is 17.1 Å². The minimum absolute atomic E-state index is 0.106. The van der Waals surface area contributed by atoms with E-state index in [1.54, 1.807) is 66.7 Å². The van der Waals surface area contributed by atoms with Crippen LogP contribution in [-0.2, 0) is 19.1 Å². The Labute approximate surface area is 212 Å². The number of benzene rings is 3. The zero-order chi connectivity index (χ0) is 25.2. The molecular formula is C25H22Cl2N2O6. The van der Waals surface area contributed by atoms with Crippen LogP contribution in [0.3, 0.4) is 0 Å². The SMILES string of the molecule is COc1ccccc1NC(=O)COC(=O)CCC(=O)Nc1ccc(Oc2ccc(Cl)cc2Cl)cc1. The summed E-state index contributed by atoms with van der Waals surface area (Å²) in [6, 6.07) is 18.4. The van der Waals surface area contributed by atoms with Crippen LogP contribution < -0.4 is 20.1 Å². The predicted molar refractivity (Wildman–Crippen MR) is 133 cm³/mol. The third kappa shape index (κ3) is 8.20. The smallest absolute Gasteiger partial charge is 0.306 e. The molecule has 0 atom stereocenters. The Morgan fingerprint density at radius 3 is 2.29 bits per heavy atom. The second-order valence-corrected chi connectivity index (χ2v) is 8.00. The molecule has 0 aliphatic carbocycles. The molecule has 182 valence electrons. The summed E-state index contributed by atoms with van der Waals surface area (Å²) in [4.78, 5) is 36.0. The van der Waals surface area contributed by atoms with Crippen molar-refractivity contribution in [1.82, 2.24) is 0 Å². The number of carbonyl (C=O) groups is 3. The third-order valence-corrected chi connectivity index (χ3v) is 5.09. The van der Waals surface area contributed by atoms with E-state index in [9.17, 15) is 14.4 Å². The highest BCUT2D eigenvalue weighted by Crippen LogP contribution is 2.32. The molecule has 3 aromatic rings. The Morgan fingerprint density at radius 2 is 1.57 bits per heavy atom. The molecule has 2 N–H and O–H groups in total. The van der Waals surface area contributed by atoms with Crippen LogP contribution in [0.1, 0.15) is 12.8 Å². The molecule has 3 aromatic carbocycles. The molecule has 8 nitrogen and oxygen atoms in total. The van der Waals surface area contributed by atoms with Gasteiger partial charge in [0.1, 0.15) is 17.2 Å². The quantitative estimate of drug-likeness (QED) is 0.335. The maximum Gasteiger partial charge on any atom is 0.306 e. The van der Waals surface area contributed by atoms with E-state index >= 15 is 0 Å². The predicted octanol–water partition coefficient (Wildman–Crippen LogP) is 5.69. The molecule has 0 aliphatic rings. The number of rotatable bonds is 10. The Bertz CT molecular complexity index is 1200. The summed E-state index contributed by atoms with van der Waals surface area (Å²) in [6.07, 6.45) is -0.282. The number of anilines is 2. The van der Waals surface area contributed by atoms with Gasteiger partial charge < -0.3 is 24.8 Å². The van der Waals surface area contributed by atoms with E-state index in [-0.39, 0.29) is 18.7 Å². The highest BCUT2D eigenvalue weighted by Gasteiger charge is 2.12. The van der Waals surface area contributed by atoms with Crippen LogP contribution in [0.4, 0.5) is 11.4 Å². The van der Waals surface area contributed by atoms with Gasteiger partial charge in [-0.3, -0.25) is 14.4 Å². The molecule has 0 aromatic heterocycles. The van der Waals surface area contributed by atoms with E-state index in [0.717, 1.165) is 0 Å². The summed E-state index contributed by atoms with van der Waals surface area (Å²) in [5.41, 5.74) is 0.984. The van der Waals surface area contributed by atoms with E-state index in [2.05, 4.69) is 10.6 Å². The average Bonchev–Trinajstić information content (AvgIpc) is 2.84. The summed E-state index contributed by atoms with van der Waals surface area (Å²) in [5.74, 6) is -0.120. The average molecular weight is 517 g/mol. The lowest BCUT2D eigenvalue weighted by molar-refractivity contribution is -0.147. The lowest BCUT2D eigenvalue weighted by Gasteiger charge is -2.10. The van der Waals surface area contributed by atoms with Crippen molar-refractivity contribution < 1.29 is 28.6 Å². The highest BCUT2D eigenvalue weighted by atomic mass is 35.5. The number of nitrogens with one attached hydrogen (secondary N) is 2. The van der Waals surface area contributed by atoms with Crippen molar-refractivity contribution >= 4 is 52.4 Å². The summed E-state index contributed by atoms with van der Waals surface area (Å²) in [5, 5.41) is 6.15. The molecule has 0 bridgehead atoms. The molecule has 0 radical (unpaired) electrons. The number of carbonyl (C=O) groups excluding carboxylic acids is 3. The van der Waals surface area contributed by atoms with Crippen molar-refractivity contribution in [3.05, 3.63) is 76.8 Å². The van der Waals surface area contributed by atoms with Gasteiger partial charge in [-0.05, 0) is 54.6 Å². The fraction of sp³-hybridized carbons (Fsp3) is 0.160. The van der Waals surface area contributed by atoms with Gasteiger partial charge in [-0.2, -0.15) is 0 Å². The van der Waals surface area contributed by atoms with Crippen LogP contribution in [0.2, 0.25) is 10.0 Å². The fourth-order valence-corrected chi connectivity index (χ4v) is 3.33. The number of esters is 1. The molecule has 0 heterocycles. The zero-order valence-electron chi connectivity index (χ0n) is 18.7. The molecular weight excluding hydrogens is 495 g/mol. The van der Waals surface area contributed by atoms with E-state index in [0.29, 0.717) is 38.7 Å².